The van der Waals surface area contributed by atoms with Crippen LogP contribution in [0.4, 0.5) is 0 Å². The van der Waals surface area contributed by atoms with E-state index in [9.17, 15) is 0 Å². The van der Waals surface area contributed by atoms with Gasteiger partial charge in [0.15, 0.2) is 0 Å². The lowest BCUT2D eigenvalue weighted by atomic mass is 9.68. The summed E-state index contributed by atoms with van der Waals surface area (Å²) in [5.41, 5.74) is 2.13. The Kier molecular flexibility index (Phi) is 10.6. The molecule has 0 radical (unpaired) electrons. The fraction of sp³-hybridized carbons (Fsp3) is 0.600. The highest BCUT2D eigenvalue weighted by Crippen LogP contribution is 2.43. The first-order valence-electron chi connectivity index (χ1n) is 13.0. The zero-order chi connectivity index (χ0) is 22.4. The van der Waals surface area contributed by atoms with Crippen LogP contribution in [0, 0.1) is 46.3 Å². The summed E-state index contributed by atoms with van der Waals surface area (Å²) in [5.74, 6) is 3.88. The van der Waals surface area contributed by atoms with Gasteiger partial charge in [0.25, 0.3) is 0 Å². The number of hydrogen-bond acceptors (Lipinski definition) is 2. The van der Waals surface area contributed by atoms with E-state index in [1.54, 1.807) is 0 Å². The first-order valence-corrected chi connectivity index (χ1v) is 13.0. The lowest BCUT2D eigenvalue weighted by Gasteiger charge is -2.38. The van der Waals surface area contributed by atoms with E-state index in [0.29, 0.717) is 0 Å². The van der Waals surface area contributed by atoms with Crippen LogP contribution in [0.15, 0.2) is 48.6 Å². The predicted octanol–water partition coefficient (Wildman–Crippen LogP) is 8.30. The minimum Gasteiger partial charge on any atom is -0.193 e. The molecule has 0 unspecified atom stereocenters. The van der Waals surface area contributed by atoms with Gasteiger partial charge in [-0.3, -0.25) is 0 Å². The Balaban J connectivity index is 1.24. The second kappa shape index (κ2) is 14.0. The van der Waals surface area contributed by atoms with E-state index >= 15 is 0 Å². The van der Waals surface area contributed by atoms with Gasteiger partial charge in [0, 0.05) is 6.08 Å². The van der Waals surface area contributed by atoms with E-state index in [-0.39, 0.29) is 0 Å². The molecule has 32 heavy (non-hydrogen) atoms. The maximum absolute atomic E-state index is 8.90. The standard InChI is InChI=1S/C30H40N2/c31-23-7-3-1-2-4-8-26-15-19-29(20-16-26)30-21-17-27(18-22-30)10-6-5-9-25-11-13-28(24-32)14-12-25/h1-3,7,11-14,26-27,29-30H,4-6,8-10,15-22H2/b2-1+,7-3+. The number of nitriles is 2. The van der Waals surface area contributed by atoms with Gasteiger partial charge in [-0.25, -0.2) is 0 Å². The van der Waals surface area contributed by atoms with Gasteiger partial charge >= 0.3 is 0 Å². The zero-order valence-corrected chi connectivity index (χ0v) is 19.7. The van der Waals surface area contributed by atoms with Crippen LogP contribution in [0.25, 0.3) is 0 Å². The zero-order valence-electron chi connectivity index (χ0n) is 19.7. The molecule has 2 aliphatic rings. The molecule has 0 aromatic heterocycles. The normalized spacial score (nSPS) is 26.2. The number of aryl methyl sites for hydroxylation is 1. The molecule has 0 atom stereocenters. The Bertz CT molecular complexity index is 789. The summed E-state index contributed by atoms with van der Waals surface area (Å²) in [7, 11) is 0. The fourth-order valence-electron chi connectivity index (χ4n) is 6.01. The highest BCUT2D eigenvalue weighted by Gasteiger charge is 2.30. The first-order chi connectivity index (χ1) is 15.8. The molecule has 2 fully saturated rings. The summed E-state index contributed by atoms with van der Waals surface area (Å²) in [6.45, 7) is 0. The number of hydrogen-bond donors (Lipinski definition) is 0. The van der Waals surface area contributed by atoms with Crippen LogP contribution in [-0.2, 0) is 6.42 Å². The van der Waals surface area contributed by atoms with E-state index in [1.165, 1.54) is 88.7 Å². The summed E-state index contributed by atoms with van der Waals surface area (Å²) in [6.07, 6.45) is 26.9. The highest BCUT2D eigenvalue weighted by molar-refractivity contribution is 5.31. The molecule has 0 heterocycles. The average Bonchev–Trinajstić information content (AvgIpc) is 2.85. The largest absolute Gasteiger partial charge is 0.193 e. The number of rotatable bonds is 10. The maximum atomic E-state index is 8.90. The summed E-state index contributed by atoms with van der Waals surface area (Å²) >= 11 is 0. The van der Waals surface area contributed by atoms with E-state index in [4.69, 9.17) is 10.5 Å². The Hall–Kier alpha value is -2.32. The molecular weight excluding hydrogens is 388 g/mol. The number of nitrogens with zero attached hydrogens (tertiary/aromatic N) is 2. The molecule has 0 N–H and O–H groups in total. The van der Waals surface area contributed by atoms with Crippen LogP contribution in [0.5, 0.6) is 0 Å². The van der Waals surface area contributed by atoms with Crippen LogP contribution in [0.2, 0.25) is 0 Å². The second-order valence-corrected chi connectivity index (χ2v) is 10.1. The van der Waals surface area contributed by atoms with Gasteiger partial charge in [-0.1, -0.05) is 68.9 Å². The summed E-state index contributed by atoms with van der Waals surface area (Å²) in [4.78, 5) is 0. The molecule has 0 saturated heterocycles. The molecule has 2 aliphatic carbocycles. The van der Waals surface area contributed by atoms with Crippen molar-refractivity contribution in [1.82, 2.24) is 0 Å². The summed E-state index contributed by atoms with van der Waals surface area (Å²) in [6, 6.07) is 12.3. The van der Waals surface area contributed by atoms with Gasteiger partial charge in [0.1, 0.15) is 0 Å². The van der Waals surface area contributed by atoms with Crippen LogP contribution in [0.1, 0.15) is 94.6 Å². The van der Waals surface area contributed by atoms with Crippen molar-refractivity contribution in [2.45, 2.75) is 89.9 Å². The highest BCUT2D eigenvalue weighted by atomic mass is 14.4. The van der Waals surface area contributed by atoms with Crippen LogP contribution >= 0.6 is 0 Å². The van der Waals surface area contributed by atoms with E-state index in [0.717, 1.165) is 42.1 Å². The molecule has 0 aliphatic heterocycles. The lowest BCUT2D eigenvalue weighted by molar-refractivity contribution is 0.140. The Labute approximate surface area is 196 Å². The third-order valence-electron chi connectivity index (χ3n) is 8.02. The first kappa shape index (κ1) is 24.3. The summed E-state index contributed by atoms with van der Waals surface area (Å²) in [5, 5.41) is 17.4. The molecule has 1 aromatic carbocycles. The van der Waals surface area contributed by atoms with Crippen molar-refractivity contribution < 1.29 is 0 Å². The van der Waals surface area contributed by atoms with Crippen LogP contribution in [0.3, 0.4) is 0 Å². The van der Waals surface area contributed by atoms with Crippen molar-refractivity contribution in [2.75, 3.05) is 0 Å². The maximum Gasteiger partial charge on any atom is 0.0991 e. The second-order valence-electron chi connectivity index (χ2n) is 10.1. The third-order valence-corrected chi connectivity index (χ3v) is 8.02. The van der Waals surface area contributed by atoms with Crippen LogP contribution < -0.4 is 0 Å². The SMILES string of the molecule is N#C/C=C/C=C/CCC1CCC(C2CCC(CCCCc3ccc(C#N)cc3)CC2)CC1. The van der Waals surface area contributed by atoms with Crippen molar-refractivity contribution in [3.05, 3.63) is 59.7 Å². The van der Waals surface area contributed by atoms with Crippen molar-refractivity contribution in [3.63, 3.8) is 0 Å². The molecule has 2 nitrogen and oxygen atoms in total. The molecule has 3 rings (SSSR count). The number of allylic oxidation sites excluding steroid dienone is 4. The number of benzene rings is 1. The van der Waals surface area contributed by atoms with Crippen molar-refractivity contribution in [1.29, 1.82) is 10.5 Å². The average molecular weight is 429 g/mol. The van der Waals surface area contributed by atoms with Crippen molar-refractivity contribution >= 4 is 0 Å². The molecule has 2 saturated carbocycles. The molecular formula is C30H40N2. The molecule has 0 bridgehead atoms. The van der Waals surface area contributed by atoms with E-state index < -0.39 is 0 Å². The minimum atomic E-state index is 0.761. The van der Waals surface area contributed by atoms with Gasteiger partial charge in [-0.05, 0) is 92.7 Å². The van der Waals surface area contributed by atoms with Crippen molar-refractivity contribution in [3.8, 4) is 12.1 Å². The Morgan fingerprint density at radius 2 is 1.38 bits per heavy atom. The van der Waals surface area contributed by atoms with Gasteiger partial charge in [-0.2, -0.15) is 10.5 Å². The van der Waals surface area contributed by atoms with Gasteiger partial charge < -0.3 is 0 Å². The molecule has 0 amide bonds. The van der Waals surface area contributed by atoms with E-state index in [1.807, 2.05) is 30.4 Å². The van der Waals surface area contributed by atoms with Crippen LogP contribution in [-0.4, -0.2) is 0 Å². The Morgan fingerprint density at radius 1 is 0.750 bits per heavy atom. The number of unbranched alkanes of at least 4 members (excludes halogenated alkanes) is 1. The topological polar surface area (TPSA) is 47.6 Å². The monoisotopic (exact) mass is 428 g/mol. The predicted molar refractivity (Wildman–Crippen MR) is 133 cm³/mol. The van der Waals surface area contributed by atoms with Gasteiger partial charge in [-0.15, -0.1) is 0 Å². The quantitative estimate of drug-likeness (QED) is 0.214. The third kappa shape index (κ3) is 8.31. The Morgan fingerprint density at radius 3 is 1.97 bits per heavy atom. The fourth-order valence-corrected chi connectivity index (χ4v) is 6.01. The molecule has 170 valence electrons. The minimum absolute atomic E-state index is 0.761. The smallest absolute Gasteiger partial charge is 0.0991 e. The van der Waals surface area contributed by atoms with E-state index in [2.05, 4.69) is 24.3 Å². The van der Waals surface area contributed by atoms with Crippen molar-refractivity contribution in [2.24, 2.45) is 23.7 Å². The lowest BCUT2D eigenvalue weighted by Crippen LogP contribution is -2.25. The molecule has 0 spiro atoms. The van der Waals surface area contributed by atoms with Gasteiger partial charge in [0.2, 0.25) is 0 Å². The summed E-state index contributed by atoms with van der Waals surface area (Å²) < 4.78 is 0. The molecule has 1 aromatic rings. The molecule has 2 heteroatoms. The van der Waals surface area contributed by atoms with Gasteiger partial charge in [0.05, 0.1) is 17.7 Å².